The molecule has 0 aliphatic carbocycles. The van der Waals surface area contributed by atoms with Gasteiger partial charge in [0.1, 0.15) is 11.4 Å². The highest BCUT2D eigenvalue weighted by atomic mass is 16.6. The Morgan fingerprint density at radius 2 is 1.82 bits per heavy atom. The van der Waals surface area contributed by atoms with Gasteiger partial charge in [-0.05, 0) is 44.4 Å². The maximum Gasteiger partial charge on any atom is 0.312 e. The fourth-order valence-electron chi connectivity index (χ4n) is 3.38. The van der Waals surface area contributed by atoms with Crippen LogP contribution in [0, 0.1) is 24.0 Å². The zero-order valence-corrected chi connectivity index (χ0v) is 16.0. The number of benzene rings is 1. The van der Waals surface area contributed by atoms with E-state index >= 15 is 0 Å². The Morgan fingerprint density at radius 1 is 1.18 bits per heavy atom. The van der Waals surface area contributed by atoms with Crippen LogP contribution in [-0.2, 0) is 11.3 Å². The summed E-state index contributed by atoms with van der Waals surface area (Å²) in [7, 11) is 0. The summed E-state index contributed by atoms with van der Waals surface area (Å²) in [6, 6.07) is 6.90. The number of carbonyl (C=O) groups excluding carboxylic acids is 2. The van der Waals surface area contributed by atoms with Crippen molar-refractivity contribution in [3.63, 3.8) is 0 Å². The van der Waals surface area contributed by atoms with Gasteiger partial charge in [-0.2, -0.15) is 5.10 Å². The molecule has 1 N–H and O–H groups in total. The molecule has 0 spiro atoms. The topological polar surface area (TPSA) is 110 Å². The van der Waals surface area contributed by atoms with Crippen LogP contribution in [0.25, 0.3) is 0 Å². The van der Waals surface area contributed by atoms with Crippen molar-refractivity contribution in [2.75, 3.05) is 19.6 Å². The number of aromatic nitrogens is 2. The lowest BCUT2D eigenvalue weighted by atomic mass is 10.1. The van der Waals surface area contributed by atoms with Gasteiger partial charge in [-0.1, -0.05) is 12.1 Å². The van der Waals surface area contributed by atoms with Crippen LogP contribution in [0.3, 0.4) is 0 Å². The predicted molar refractivity (Wildman–Crippen MR) is 102 cm³/mol. The van der Waals surface area contributed by atoms with Crippen LogP contribution < -0.4 is 5.32 Å². The van der Waals surface area contributed by atoms with Crippen molar-refractivity contribution in [2.45, 2.75) is 33.2 Å². The van der Waals surface area contributed by atoms with Gasteiger partial charge in [0.05, 0.1) is 18.0 Å². The average molecular weight is 385 g/mol. The molecule has 2 heterocycles. The average Bonchev–Trinajstić information content (AvgIpc) is 3.29. The number of likely N-dealkylation sites (tertiary alicyclic amines) is 1. The summed E-state index contributed by atoms with van der Waals surface area (Å²) in [5, 5.41) is 18.0. The number of hydrogen-bond donors (Lipinski definition) is 1. The van der Waals surface area contributed by atoms with Gasteiger partial charge in [-0.15, -0.1) is 0 Å². The fraction of sp³-hybridized carbons (Fsp3) is 0.421. The normalized spacial score (nSPS) is 13.6. The third-order valence-corrected chi connectivity index (χ3v) is 4.93. The van der Waals surface area contributed by atoms with Crippen molar-refractivity contribution >= 4 is 17.5 Å². The lowest BCUT2D eigenvalue weighted by Crippen LogP contribution is -2.38. The van der Waals surface area contributed by atoms with Crippen molar-refractivity contribution in [3.8, 4) is 0 Å². The Balaban J connectivity index is 1.60. The van der Waals surface area contributed by atoms with Gasteiger partial charge in [0, 0.05) is 18.7 Å². The summed E-state index contributed by atoms with van der Waals surface area (Å²) in [5.41, 5.74) is 2.21. The number of hydrogen-bond acceptors (Lipinski definition) is 5. The standard InChI is InChI=1S/C19H23N5O4/c1-13-18(24(27)28)14(2)23(21-13)12-15-5-7-16(8-6-15)19(26)20-11-17(25)22-9-3-4-10-22/h5-8H,3-4,9-12H2,1-2H3,(H,20,26). The van der Waals surface area contributed by atoms with E-state index in [1.807, 2.05) is 0 Å². The molecule has 1 aromatic heterocycles. The van der Waals surface area contributed by atoms with Gasteiger partial charge in [-0.3, -0.25) is 24.4 Å². The van der Waals surface area contributed by atoms with E-state index in [0.29, 0.717) is 23.5 Å². The largest absolute Gasteiger partial charge is 0.343 e. The number of carbonyl (C=O) groups is 2. The number of nitro groups is 1. The Bertz CT molecular complexity index is 898. The minimum absolute atomic E-state index is 0.00396. The molecular formula is C19H23N5O4. The number of nitrogens with zero attached hydrogens (tertiary/aromatic N) is 4. The second kappa shape index (κ2) is 8.20. The van der Waals surface area contributed by atoms with Gasteiger partial charge >= 0.3 is 5.69 Å². The molecule has 1 aliphatic rings. The molecule has 1 fully saturated rings. The van der Waals surface area contributed by atoms with Crippen LogP contribution in [0.15, 0.2) is 24.3 Å². The zero-order valence-electron chi connectivity index (χ0n) is 16.0. The quantitative estimate of drug-likeness (QED) is 0.602. The van der Waals surface area contributed by atoms with Crippen LogP contribution >= 0.6 is 0 Å². The summed E-state index contributed by atoms with van der Waals surface area (Å²) < 4.78 is 1.58. The van der Waals surface area contributed by atoms with Gasteiger partial charge in [-0.25, -0.2) is 0 Å². The van der Waals surface area contributed by atoms with Crippen molar-refractivity contribution in [3.05, 3.63) is 56.9 Å². The Kier molecular flexibility index (Phi) is 5.72. The van der Waals surface area contributed by atoms with Crippen LogP contribution in [-0.4, -0.2) is 51.1 Å². The second-order valence-electron chi connectivity index (χ2n) is 6.90. The molecule has 9 heteroatoms. The van der Waals surface area contributed by atoms with E-state index in [9.17, 15) is 19.7 Å². The number of nitrogens with one attached hydrogen (secondary N) is 1. The first-order chi connectivity index (χ1) is 13.4. The van der Waals surface area contributed by atoms with Gasteiger partial charge in [0.15, 0.2) is 0 Å². The number of aryl methyl sites for hydroxylation is 1. The lowest BCUT2D eigenvalue weighted by molar-refractivity contribution is -0.386. The molecule has 1 aromatic carbocycles. The molecular weight excluding hydrogens is 362 g/mol. The molecule has 0 bridgehead atoms. The second-order valence-corrected chi connectivity index (χ2v) is 6.90. The third kappa shape index (κ3) is 4.19. The van der Waals surface area contributed by atoms with Crippen LogP contribution in [0.2, 0.25) is 0 Å². The summed E-state index contributed by atoms with van der Waals surface area (Å²) in [6.07, 6.45) is 2.03. The first-order valence-corrected chi connectivity index (χ1v) is 9.20. The Hall–Kier alpha value is -3.23. The van der Waals surface area contributed by atoms with E-state index in [1.54, 1.807) is 47.7 Å². The van der Waals surface area contributed by atoms with Gasteiger partial charge < -0.3 is 10.2 Å². The Labute approximate surface area is 162 Å². The molecule has 2 aromatic rings. The first-order valence-electron chi connectivity index (χ1n) is 9.20. The summed E-state index contributed by atoms with van der Waals surface area (Å²) in [6.45, 7) is 5.16. The Morgan fingerprint density at radius 3 is 2.39 bits per heavy atom. The predicted octanol–water partition coefficient (Wildman–Crippen LogP) is 1.81. The van der Waals surface area contributed by atoms with E-state index < -0.39 is 4.92 Å². The molecule has 28 heavy (non-hydrogen) atoms. The molecule has 0 saturated carbocycles. The smallest absolute Gasteiger partial charge is 0.312 e. The number of amides is 2. The fourth-order valence-corrected chi connectivity index (χ4v) is 3.38. The minimum atomic E-state index is -0.426. The number of rotatable bonds is 6. The SMILES string of the molecule is Cc1nn(Cc2ccc(C(=O)NCC(=O)N3CCCC3)cc2)c(C)c1[N+](=O)[O-]. The van der Waals surface area contributed by atoms with Gasteiger partial charge in [0.2, 0.25) is 5.91 Å². The highest BCUT2D eigenvalue weighted by Crippen LogP contribution is 2.22. The molecule has 0 unspecified atom stereocenters. The van der Waals surface area contributed by atoms with Crippen LogP contribution in [0.1, 0.15) is 40.2 Å². The van der Waals surface area contributed by atoms with E-state index in [2.05, 4.69) is 10.4 Å². The lowest BCUT2D eigenvalue weighted by Gasteiger charge is -2.15. The van der Waals surface area contributed by atoms with Crippen LogP contribution in [0.5, 0.6) is 0 Å². The molecule has 3 rings (SSSR count). The molecule has 1 saturated heterocycles. The summed E-state index contributed by atoms with van der Waals surface area (Å²) >= 11 is 0. The highest BCUT2D eigenvalue weighted by molar-refractivity contribution is 5.96. The first kappa shape index (κ1) is 19.5. The summed E-state index contributed by atoms with van der Waals surface area (Å²) in [5.74, 6) is -0.366. The van der Waals surface area contributed by atoms with E-state index in [0.717, 1.165) is 31.5 Å². The molecule has 0 atom stereocenters. The highest BCUT2D eigenvalue weighted by Gasteiger charge is 2.22. The third-order valence-electron chi connectivity index (χ3n) is 4.93. The summed E-state index contributed by atoms with van der Waals surface area (Å²) in [4.78, 5) is 36.7. The zero-order chi connectivity index (χ0) is 20.3. The van der Waals surface area contributed by atoms with Crippen molar-refractivity contribution in [1.29, 1.82) is 0 Å². The van der Waals surface area contributed by atoms with E-state index in [-0.39, 0.29) is 24.0 Å². The maximum atomic E-state index is 12.2. The molecule has 1 aliphatic heterocycles. The van der Waals surface area contributed by atoms with Crippen molar-refractivity contribution in [2.24, 2.45) is 0 Å². The van der Waals surface area contributed by atoms with Crippen molar-refractivity contribution in [1.82, 2.24) is 20.0 Å². The molecule has 0 radical (unpaired) electrons. The molecule has 148 valence electrons. The minimum Gasteiger partial charge on any atom is -0.343 e. The van der Waals surface area contributed by atoms with Crippen LogP contribution in [0.4, 0.5) is 5.69 Å². The monoisotopic (exact) mass is 385 g/mol. The maximum absolute atomic E-state index is 12.2. The van der Waals surface area contributed by atoms with Gasteiger partial charge in [0.25, 0.3) is 5.91 Å². The molecule has 9 nitrogen and oxygen atoms in total. The molecule has 2 amide bonds. The van der Waals surface area contributed by atoms with Crippen molar-refractivity contribution < 1.29 is 14.5 Å². The van der Waals surface area contributed by atoms with E-state index in [4.69, 9.17) is 0 Å². The van der Waals surface area contributed by atoms with E-state index in [1.165, 1.54) is 0 Å².